The molecule has 0 unspecified atom stereocenters. The Kier molecular flexibility index (Phi) is 5.29. The molecule has 2 aromatic heterocycles. The smallest absolute Gasteiger partial charge is 0.263 e. The fourth-order valence-corrected chi connectivity index (χ4v) is 5.25. The van der Waals surface area contributed by atoms with Gasteiger partial charge in [-0.1, -0.05) is 30.3 Å². The van der Waals surface area contributed by atoms with Crippen LogP contribution in [0.25, 0.3) is 10.2 Å². The lowest BCUT2D eigenvalue weighted by Crippen LogP contribution is -2.30. The highest BCUT2D eigenvalue weighted by atomic mass is 32.1. The van der Waals surface area contributed by atoms with Crippen molar-refractivity contribution in [3.05, 3.63) is 62.5 Å². The van der Waals surface area contributed by atoms with Gasteiger partial charge in [0.15, 0.2) is 0 Å². The average Bonchev–Trinajstić information content (AvgIpc) is 3.09. The van der Waals surface area contributed by atoms with E-state index in [0.717, 1.165) is 29.5 Å². The number of nitrogens with zero attached hydrogens (tertiary/aromatic N) is 4. The van der Waals surface area contributed by atoms with E-state index in [1.54, 1.807) is 15.9 Å². The topological polar surface area (TPSA) is 61.9 Å². The van der Waals surface area contributed by atoms with Crippen LogP contribution in [0.3, 0.4) is 0 Å². The number of aromatic nitrogens is 2. The molecule has 1 aliphatic carbocycles. The van der Waals surface area contributed by atoms with Gasteiger partial charge in [0.1, 0.15) is 17.2 Å². The van der Waals surface area contributed by atoms with E-state index in [0.29, 0.717) is 12.4 Å². The largest absolute Gasteiger partial charge is 0.292 e. The van der Waals surface area contributed by atoms with E-state index in [1.165, 1.54) is 22.4 Å². The van der Waals surface area contributed by atoms with Crippen LogP contribution < -0.4 is 5.56 Å². The standard InChI is InChI=1S/C22H24N4OS/c1-15(16-8-4-3-5-9-16)25(2)14-19-24-21-20(22(27)26(19)13-12-23)17-10-6-7-11-18(17)28-21/h3-5,8-9,15H,6-7,10-11,13-14H2,1-2H3/t15-/m0/s1. The molecule has 0 N–H and O–H groups in total. The normalized spacial score (nSPS) is 14.8. The summed E-state index contributed by atoms with van der Waals surface area (Å²) < 4.78 is 1.57. The summed E-state index contributed by atoms with van der Waals surface area (Å²) in [4.78, 5) is 22.4. The van der Waals surface area contributed by atoms with Crippen molar-refractivity contribution < 1.29 is 0 Å². The van der Waals surface area contributed by atoms with Crippen LogP contribution in [0.2, 0.25) is 0 Å². The number of nitriles is 1. The highest BCUT2D eigenvalue weighted by Gasteiger charge is 2.23. The molecule has 0 saturated heterocycles. The predicted molar refractivity (Wildman–Crippen MR) is 112 cm³/mol. The summed E-state index contributed by atoms with van der Waals surface area (Å²) in [6, 6.07) is 12.6. The zero-order valence-corrected chi connectivity index (χ0v) is 17.1. The fourth-order valence-electron chi connectivity index (χ4n) is 3.98. The molecule has 0 spiro atoms. The summed E-state index contributed by atoms with van der Waals surface area (Å²) in [5, 5.41) is 10.1. The minimum Gasteiger partial charge on any atom is -0.292 e. The number of hydrogen-bond donors (Lipinski definition) is 0. The van der Waals surface area contributed by atoms with E-state index in [-0.39, 0.29) is 18.1 Å². The SMILES string of the molecule is C[C@@H](c1ccccc1)N(C)Cc1nc2sc3c(c2c(=O)n1CC#N)CCCC3. The van der Waals surface area contributed by atoms with Crippen LogP contribution in [0.1, 0.15) is 47.6 Å². The molecule has 1 atom stereocenters. The summed E-state index contributed by atoms with van der Waals surface area (Å²) in [6.45, 7) is 2.70. The highest BCUT2D eigenvalue weighted by molar-refractivity contribution is 7.18. The molecule has 0 amide bonds. The van der Waals surface area contributed by atoms with Crippen LogP contribution in [0.4, 0.5) is 0 Å². The van der Waals surface area contributed by atoms with Crippen molar-refractivity contribution in [1.82, 2.24) is 14.5 Å². The van der Waals surface area contributed by atoms with E-state index in [2.05, 4.69) is 30.0 Å². The van der Waals surface area contributed by atoms with Crippen LogP contribution in [-0.2, 0) is 25.9 Å². The molecule has 0 saturated carbocycles. The molecule has 5 nitrogen and oxygen atoms in total. The molecule has 144 valence electrons. The summed E-state index contributed by atoms with van der Waals surface area (Å²) in [5.41, 5.74) is 2.33. The number of benzene rings is 1. The lowest BCUT2D eigenvalue weighted by atomic mass is 9.97. The maximum atomic E-state index is 13.3. The Morgan fingerprint density at radius 1 is 1.29 bits per heavy atom. The van der Waals surface area contributed by atoms with Gasteiger partial charge in [-0.05, 0) is 50.8 Å². The Morgan fingerprint density at radius 2 is 2.04 bits per heavy atom. The molecule has 28 heavy (non-hydrogen) atoms. The molecule has 0 bridgehead atoms. The van der Waals surface area contributed by atoms with Gasteiger partial charge >= 0.3 is 0 Å². The molecule has 1 aliphatic rings. The van der Waals surface area contributed by atoms with Crippen LogP contribution in [0.5, 0.6) is 0 Å². The van der Waals surface area contributed by atoms with E-state index in [9.17, 15) is 10.1 Å². The van der Waals surface area contributed by atoms with Gasteiger partial charge in [0.05, 0.1) is 18.0 Å². The van der Waals surface area contributed by atoms with Gasteiger partial charge < -0.3 is 0 Å². The van der Waals surface area contributed by atoms with E-state index < -0.39 is 0 Å². The number of hydrogen-bond acceptors (Lipinski definition) is 5. The van der Waals surface area contributed by atoms with Gasteiger partial charge in [0, 0.05) is 10.9 Å². The zero-order chi connectivity index (χ0) is 19.7. The number of aryl methyl sites for hydroxylation is 2. The van der Waals surface area contributed by atoms with Crippen molar-refractivity contribution in [3.8, 4) is 6.07 Å². The van der Waals surface area contributed by atoms with Gasteiger partial charge in [0.25, 0.3) is 5.56 Å². The molecule has 2 heterocycles. The molecule has 0 aliphatic heterocycles. The monoisotopic (exact) mass is 392 g/mol. The lowest BCUT2D eigenvalue weighted by molar-refractivity contribution is 0.243. The van der Waals surface area contributed by atoms with E-state index in [1.807, 2.05) is 25.2 Å². The minimum absolute atomic E-state index is 0.0370. The number of thiophene rings is 1. The van der Waals surface area contributed by atoms with Crippen molar-refractivity contribution >= 4 is 21.6 Å². The summed E-state index contributed by atoms with van der Waals surface area (Å²) in [5.74, 6) is 0.669. The average molecular weight is 393 g/mol. The second-order valence-electron chi connectivity index (χ2n) is 7.47. The van der Waals surface area contributed by atoms with Crippen LogP contribution in [0.15, 0.2) is 35.1 Å². The maximum absolute atomic E-state index is 13.3. The summed E-state index contributed by atoms with van der Waals surface area (Å²) in [7, 11) is 2.03. The van der Waals surface area contributed by atoms with Crippen molar-refractivity contribution in [2.45, 2.75) is 51.7 Å². The van der Waals surface area contributed by atoms with Gasteiger partial charge in [0.2, 0.25) is 0 Å². The van der Waals surface area contributed by atoms with Crippen molar-refractivity contribution in [3.63, 3.8) is 0 Å². The minimum atomic E-state index is -0.0540. The number of rotatable bonds is 5. The second kappa shape index (κ2) is 7.86. The first kappa shape index (κ1) is 18.9. The van der Waals surface area contributed by atoms with Gasteiger partial charge in [-0.3, -0.25) is 14.3 Å². The first-order valence-corrected chi connectivity index (χ1v) is 10.6. The third kappa shape index (κ3) is 3.36. The third-order valence-corrected chi connectivity index (χ3v) is 6.90. The Balaban J connectivity index is 1.75. The molecular weight excluding hydrogens is 368 g/mol. The first-order valence-electron chi connectivity index (χ1n) is 9.76. The Labute approximate surface area is 168 Å². The molecular formula is C22H24N4OS. The summed E-state index contributed by atoms with van der Waals surface area (Å²) in [6.07, 6.45) is 4.28. The first-order chi connectivity index (χ1) is 13.6. The van der Waals surface area contributed by atoms with E-state index >= 15 is 0 Å². The maximum Gasteiger partial charge on any atom is 0.263 e. The quantitative estimate of drug-likeness (QED) is 0.657. The van der Waals surface area contributed by atoms with Crippen LogP contribution >= 0.6 is 11.3 Å². The lowest BCUT2D eigenvalue weighted by Gasteiger charge is -2.25. The zero-order valence-electron chi connectivity index (χ0n) is 16.3. The molecule has 6 heteroatoms. The Morgan fingerprint density at radius 3 is 2.79 bits per heavy atom. The highest BCUT2D eigenvalue weighted by Crippen LogP contribution is 2.34. The third-order valence-electron chi connectivity index (χ3n) is 5.72. The predicted octanol–water partition coefficient (Wildman–Crippen LogP) is 4.05. The molecule has 4 rings (SSSR count). The Hall–Kier alpha value is -2.49. The second-order valence-corrected chi connectivity index (χ2v) is 8.55. The van der Waals surface area contributed by atoms with E-state index in [4.69, 9.17) is 4.98 Å². The van der Waals surface area contributed by atoms with Crippen molar-refractivity contribution in [1.29, 1.82) is 5.26 Å². The van der Waals surface area contributed by atoms with Crippen molar-refractivity contribution in [2.75, 3.05) is 7.05 Å². The van der Waals surface area contributed by atoms with Crippen LogP contribution in [0, 0.1) is 11.3 Å². The van der Waals surface area contributed by atoms with Crippen molar-refractivity contribution in [2.24, 2.45) is 0 Å². The number of fused-ring (bicyclic) bond motifs is 3. The molecule has 1 aromatic carbocycles. The molecule has 0 fully saturated rings. The van der Waals surface area contributed by atoms with Crippen LogP contribution in [-0.4, -0.2) is 21.5 Å². The Bertz CT molecular complexity index is 1090. The van der Waals surface area contributed by atoms with Gasteiger partial charge in [-0.2, -0.15) is 5.26 Å². The molecule has 0 radical (unpaired) electrons. The summed E-state index contributed by atoms with van der Waals surface area (Å²) >= 11 is 1.66. The molecule has 3 aromatic rings. The van der Waals surface area contributed by atoms with Gasteiger partial charge in [-0.25, -0.2) is 4.98 Å². The fraction of sp³-hybridized carbons (Fsp3) is 0.409. The van der Waals surface area contributed by atoms with Gasteiger partial charge in [-0.15, -0.1) is 11.3 Å².